The van der Waals surface area contributed by atoms with Crippen LogP contribution in [-0.4, -0.2) is 24.3 Å². The zero-order chi connectivity index (χ0) is 31.3. The largest absolute Gasteiger partial charge is 0.573 e. The lowest BCUT2D eigenvalue weighted by molar-refractivity contribution is -0.275. The van der Waals surface area contributed by atoms with Crippen molar-refractivity contribution in [3.8, 4) is 11.5 Å². The fourth-order valence-corrected chi connectivity index (χ4v) is 4.77. The number of benzene rings is 3. The van der Waals surface area contributed by atoms with Gasteiger partial charge in [-0.3, -0.25) is 4.98 Å². The summed E-state index contributed by atoms with van der Waals surface area (Å²) in [7, 11) is 0. The van der Waals surface area contributed by atoms with E-state index in [9.17, 15) is 35.1 Å². The van der Waals surface area contributed by atoms with Gasteiger partial charge >= 0.3 is 12.7 Å². The Kier molecular flexibility index (Phi) is 9.29. The maximum atomic E-state index is 13.6. The number of rotatable bonds is 11. The summed E-state index contributed by atoms with van der Waals surface area (Å²) in [5, 5.41) is 3.20. The molecule has 0 unspecified atom stereocenters. The molecule has 0 bridgehead atoms. The van der Waals surface area contributed by atoms with Gasteiger partial charge in [-0.25, -0.2) is 0 Å². The van der Waals surface area contributed by atoms with E-state index in [-0.39, 0.29) is 19.5 Å². The maximum Gasteiger partial charge on any atom is 0.573 e. The quantitative estimate of drug-likeness (QED) is 0.174. The molecule has 1 heterocycles. The number of pyridine rings is 1. The van der Waals surface area contributed by atoms with Gasteiger partial charge in [0.1, 0.15) is 17.2 Å². The number of hydrogen-bond donors (Lipinski definition) is 1. The highest BCUT2D eigenvalue weighted by Gasteiger charge is 2.38. The highest BCUT2D eigenvalue weighted by Crippen LogP contribution is 2.40. The van der Waals surface area contributed by atoms with Crippen LogP contribution in [0.2, 0.25) is 0 Å². The molecule has 0 aliphatic carbocycles. The predicted octanol–water partition coefficient (Wildman–Crippen LogP) is 8.31. The topological polar surface area (TPSA) is 43.4 Å². The fourth-order valence-electron chi connectivity index (χ4n) is 4.77. The Hall–Kier alpha value is -4.19. The molecule has 4 rings (SSSR count). The minimum atomic E-state index is -4.98. The van der Waals surface area contributed by atoms with Crippen molar-refractivity contribution in [2.24, 2.45) is 0 Å². The van der Waals surface area contributed by atoms with E-state index in [4.69, 9.17) is 0 Å². The minimum absolute atomic E-state index is 0.00146. The monoisotopic (exact) mass is 610 g/mol. The zero-order valence-corrected chi connectivity index (χ0v) is 22.6. The Balaban J connectivity index is 1.80. The number of ether oxygens (including phenoxy) is 2. The molecule has 4 aromatic rings. The summed E-state index contributed by atoms with van der Waals surface area (Å²) in [5.74, 6) is -4.15. The molecular weight excluding hydrogens is 584 g/mol. The van der Waals surface area contributed by atoms with E-state index in [2.05, 4.69) is 19.8 Å². The molecular formula is C31H26F8N2O2. The van der Waals surface area contributed by atoms with Crippen LogP contribution in [0.4, 0.5) is 35.1 Å². The zero-order valence-electron chi connectivity index (χ0n) is 22.6. The lowest BCUT2D eigenvalue weighted by Gasteiger charge is -2.36. The standard InChI is InChI=1S/C31H26F8N2O2/c1-28(32,33)27-14-13-22(19-41-27)18-40-20-29(17-21-7-3-2-4-8-21,23-9-5-11-25(15-23)42-30(34,35)36)24-10-6-12-26(16-24)43-31(37,38)39/h2-16,19,40H,17-18,20H2,1H3. The molecule has 0 amide bonds. The van der Waals surface area contributed by atoms with E-state index < -0.39 is 41.3 Å². The van der Waals surface area contributed by atoms with E-state index in [0.717, 1.165) is 24.6 Å². The number of hydrogen-bond acceptors (Lipinski definition) is 4. The summed E-state index contributed by atoms with van der Waals surface area (Å²) in [5.41, 5.74) is 0.219. The maximum absolute atomic E-state index is 13.6. The average molecular weight is 611 g/mol. The lowest BCUT2D eigenvalue weighted by Crippen LogP contribution is -2.41. The number of aromatic nitrogens is 1. The second kappa shape index (κ2) is 12.6. The van der Waals surface area contributed by atoms with Gasteiger partial charge in [0.2, 0.25) is 0 Å². The van der Waals surface area contributed by atoms with Gasteiger partial charge < -0.3 is 14.8 Å². The van der Waals surface area contributed by atoms with Gasteiger partial charge in [-0.1, -0.05) is 60.7 Å². The first kappa shape index (κ1) is 31.7. The Morgan fingerprint density at radius 3 is 1.67 bits per heavy atom. The van der Waals surface area contributed by atoms with Crippen LogP contribution in [0.25, 0.3) is 0 Å². The van der Waals surface area contributed by atoms with E-state index in [1.165, 1.54) is 42.6 Å². The van der Waals surface area contributed by atoms with Crippen LogP contribution in [0.15, 0.2) is 97.2 Å². The first-order valence-electron chi connectivity index (χ1n) is 12.9. The second-order valence-electron chi connectivity index (χ2n) is 9.94. The Morgan fingerprint density at radius 2 is 1.21 bits per heavy atom. The van der Waals surface area contributed by atoms with Crippen molar-refractivity contribution in [2.45, 2.75) is 44.0 Å². The van der Waals surface area contributed by atoms with E-state index in [1.807, 2.05) is 0 Å². The third-order valence-electron chi connectivity index (χ3n) is 6.62. The van der Waals surface area contributed by atoms with Crippen LogP contribution < -0.4 is 14.8 Å². The second-order valence-corrected chi connectivity index (χ2v) is 9.94. The molecule has 0 saturated carbocycles. The fraction of sp³-hybridized carbons (Fsp3) is 0.258. The lowest BCUT2D eigenvalue weighted by atomic mass is 9.70. The summed E-state index contributed by atoms with van der Waals surface area (Å²) in [6.07, 6.45) is -8.54. The van der Waals surface area contributed by atoms with Gasteiger partial charge in [-0.05, 0) is 59.0 Å². The minimum Gasteiger partial charge on any atom is -0.406 e. The highest BCUT2D eigenvalue weighted by molar-refractivity contribution is 5.47. The molecule has 4 nitrogen and oxygen atoms in total. The summed E-state index contributed by atoms with van der Waals surface area (Å²) in [6.45, 7) is 0.827. The summed E-state index contributed by atoms with van der Waals surface area (Å²) in [4.78, 5) is 3.80. The molecule has 0 radical (unpaired) electrons. The first-order chi connectivity index (χ1) is 20.1. The van der Waals surface area contributed by atoms with Crippen molar-refractivity contribution in [1.82, 2.24) is 10.3 Å². The van der Waals surface area contributed by atoms with Gasteiger partial charge in [0.25, 0.3) is 5.92 Å². The van der Waals surface area contributed by atoms with Gasteiger partial charge in [0, 0.05) is 31.6 Å². The number of nitrogens with zero attached hydrogens (tertiary/aromatic N) is 1. The molecule has 0 aliphatic rings. The molecule has 228 valence electrons. The molecule has 3 aromatic carbocycles. The van der Waals surface area contributed by atoms with Crippen molar-refractivity contribution >= 4 is 0 Å². The molecule has 1 aromatic heterocycles. The van der Waals surface area contributed by atoms with Gasteiger partial charge in [-0.2, -0.15) is 8.78 Å². The smallest absolute Gasteiger partial charge is 0.406 e. The van der Waals surface area contributed by atoms with E-state index in [1.54, 1.807) is 42.5 Å². The Morgan fingerprint density at radius 1 is 0.651 bits per heavy atom. The van der Waals surface area contributed by atoms with Gasteiger partial charge in [0.05, 0.1) is 0 Å². The average Bonchev–Trinajstić information content (AvgIpc) is 2.91. The molecule has 43 heavy (non-hydrogen) atoms. The molecule has 0 saturated heterocycles. The summed E-state index contributed by atoms with van der Waals surface area (Å²) >= 11 is 0. The molecule has 1 N–H and O–H groups in total. The van der Waals surface area contributed by atoms with Crippen LogP contribution in [0.3, 0.4) is 0 Å². The third kappa shape index (κ3) is 8.90. The van der Waals surface area contributed by atoms with Crippen LogP contribution in [-0.2, 0) is 24.3 Å². The molecule has 0 fully saturated rings. The molecule has 0 spiro atoms. The predicted molar refractivity (Wildman–Crippen MR) is 143 cm³/mol. The Labute approximate surface area is 242 Å². The van der Waals surface area contributed by atoms with Gasteiger partial charge in [0.15, 0.2) is 0 Å². The van der Waals surface area contributed by atoms with Crippen LogP contribution in [0, 0.1) is 0 Å². The van der Waals surface area contributed by atoms with Gasteiger partial charge in [-0.15, -0.1) is 26.3 Å². The van der Waals surface area contributed by atoms with Crippen molar-refractivity contribution < 1.29 is 44.6 Å². The third-order valence-corrected chi connectivity index (χ3v) is 6.62. The number of alkyl halides is 8. The SMILES string of the molecule is CC(F)(F)c1ccc(CNCC(Cc2ccccc2)(c2cccc(OC(F)(F)F)c2)c2cccc(OC(F)(F)F)c2)cn1. The number of nitrogens with one attached hydrogen (secondary N) is 1. The summed E-state index contributed by atoms with van der Waals surface area (Å²) in [6, 6.07) is 22.0. The van der Waals surface area contributed by atoms with E-state index >= 15 is 0 Å². The molecule has 0 atom stereocenters. The summed E-state index contributed by atoms with van der Waals surface area (Å²) < 4.78 is 114. The molecule has 12 heteroatoms. The number of halogens is 8. The van der Waals surface area contributed by atoms with E-state index in [0.29, 0.717) is 16.7 Å². The van der Waals surface area contributed by atoms with Crippen LogP contribution >= 0.6 is 0 Å². The highest BCUT2D eigenvalue weighted by atomic mass is 19.4. The van der Waals surface area contributed by atoms with Crippen molar-refractivity contribution in [1.29, 1.82) is 0 Å². The van der Waals surface area contributed by atoms with Crippen molar-refractivity contribution in [2.75, 3.05) is 6.54 Å². The normalized spacial score (nSPS) is 12.7. The van der Waals surface area contributed by atoms with Crippen molar-refractivity contribution in [3.63, 3.8) is 0 Å². The first-order valence-corrected chi connectivity index (χ1v) is 12.9. The van der Waals surface area contributed by atoms with Crippen LogP contribution in [0.1, 0.15) is 34.9 Å². The molecule has 0 aliphatic heterocycles. The van der Waals surface area contributed by atoms with Crippen molar-refractivity contribution in [3.05, 3.63) is 125 Å². The van der Waals surface area contributed by atoms with Crippen LogP contribution in [0.5, 0.6) is 11.5 Å². The Bertz CT molecular complexity index is 1430.